The van der Waals surface area contributed by atoms with Crippen LogP contribution in [0.4, 0.5) is 0 Å². The maximum absolute atomic E-state index is 12.2. The third-order valence-electron chi connectivity index (χ3n) is 5.57. The molecule has 21 heavy (non-hydrogen) atoms. The van der Waals surface area contributed by atoms with Gasteiger partial charge in [-0.3, -0.25) is 9.69 Å². The molecule has 1 saturated heterocycles. The summed E-state index contributed by atoms with van der Waals surface area (Å²) in [7, 11) is 0. The van der Waals surface area contributed by atoms with Gasteiger partial charge < -0.3 is 10.2 Å². The number of carbonyl (C=O) groups excluding carboxylic acids is 1. The third kappa shape index (κ3) is 4.43. The van der Waals surface area contributed by atoms with Gasteiger partial charge in [0.05, 0.1) is 6.54 Å². The molecule has 3 fully saturated rings. The lowest BCUT2D eigenvalue weighted by molar-refractivity contribution is -0.132. The normalized spacial score (nSPS) is 31.4. The zero-order valence-electron chi connectivity index (χ0n) is 13.5. The lowest BCUT2D eigenvalue weighted by Gasteiger charge is -2.41. The van der Waals surface area contributed by atoms with Gasteiger partial charge >= 0.3 is 0 Å². The molecule has 0 aromatic carbocycles. The molecule has 2 aliphatic carbocycles. The number of hydrogen-bond acceptors (Lipinski definition) is 3. The predicted molar refractivity (Wildman–Crippen MR) is 85.2 cm³/mol. The second-order valence-electron chi connectivity index (χ2n) is 7.40. The number of carbonyl (C=O) groups is 1. The predicted octanol–water partition coefficient (Wildman–Crippen LogP) is 1.71. The van der Waals surface area contributed by atoms with Gasteiger partial charge in [0.15, 0.2) is 0 Å². The molecule has 0 spiro atoms. The van der Waals surface area contributed by atoms with Crippen molar-refractivity contribution in [2.45, 2.75) is 51.5 Å². The van der Waals surface area contributed by atoms with Gasteiger partial charge in [0.2, 0.25) is 5.91 Å². The molecule has 0 atom stereocenters. The number of amides is 1. The fraction of sp³-hybridized carbons (Fsp3) is 0.941. The van der Waals surface area contributed by atoms with Crippen LogP contribution in [0.1, 0.15) is 45.4 Å². The summed E-state index contributed by atoms with van der Waals surface area (Å²) in [5.74, 6) is 2.07. The van der Waals surface area contributed by atoms with E-state index in [0.717, 1.165) is 50.6 Å². The lowest BCUT2D eigenvalue weighted by atomic mass is 9.86. The van der Waals surface area contributed by atoms with E-state index in [-0.39, 0.29) is 0 Å². The minimum atomic E-state index is 0.299. The van der Waals surface area contributed by atoms with Crippen LogP contribution in [-0.2, 0) is 4.79 Å². The highest BCUT2D eigenvalue weighted by Gasteiger charge is 2.28. The van der Waals surface area contributed by atoms with E-state index < -0.39 is 0 Å². The first-order valence-electron chi connectivity index (χ1n) is 8.95. The molecule has 1 aliphatic heterocycles. The van der Waals surface area contributed by atoms with Crippen molar-refractivity contribution in [2.75, 3.05) is 39.3 Å². The molecule has 4 nitrogen and oxygen atoms in total. The van der Waals surface area contributed by atoms with Crippen molar-refractivity contribution >= 4 is 5.91 Å². The Kier molecular flexibility index (Phi) is 5.17. The van der Waals surface area contributed by atoms with Gasteiger partial charge in [-0.25, -0.2) is 0 Å². The van der Waals surface area contributed by atoms with Crippen molar-refractivity contribution in [1.29, 1.82) is 0 Å². The summed E-state index contributed by atoms with van der Waals surface area (Å²) in [4.78, 5) is 16.9. The van der Waals surface area contributed by atoms with Gasteiger partial charge in [-0.05, 0) is 56.9 Å². The zero-order chi connectivity index (χ0) is 14.7. The second kappa shape index (κ2) is 7.10. The van der Waals surface area contributed by atoms with Crippen molar-refractivity contribution in [1.82, 2.24) is 15.1 Å². The summed E-state index contributed by atoms with van der Waals surface area (Å²) in [6.45, 7) is 7.96. The first-order valence-corrected chi connectivity index (χ1v) is 8.95. The monoisotopic (exact) mass is 293 g/mol. The highest BCUT2D eigenvalue weighted by molar-refractivity contribution is 5.78. The quantitative estimate of drug-likeness (QED) is 0.838. The van der Waals surface area contributed by atoms with Gasteiger partial charge in [0, 0.05) is 32.2 Å². The molecule has 1 N–H and O–H groups in total. The summed E-state index contributed by atoms with van der Waals surface area (Å²) in [6, 6.07) is 0.784. The lowest BCUT2D eigenvalue weighted by Crippen LogP contribution is -2.54. The molecular formula is C17H31N3O. The Morgan fingerprint density at radius 1 is 1.00 bits per heavy atom. The first-order chi connectivity index (χ1) is 10.2. The molecule has 120 valence electrons. The van der Waals surface area contributed by atoms with E-state index in [9.17, 15) is 4.79 Å². The minimum absolute atomic E-state index is 0.299. The molecule has 1 amide bonds. The van der Waals surface area contributed by atoms with Gasteiger partial charge in [0.1, 0.15) is 0 Å². The summed E-state index contributed by atoms with van der Waals surface area (Å²) in [6.07, 6.45) is 8.18. The Labute approximate surface area is 129 Å². The van der Waals surface area contributed by atoms with Crippen LogP contribution in [0.2, 0.25) is 0 Å². The molecular weight excluding hydrogens is 262 g/mol. The van der Waals surface area contributed by atoms with E-state index in [1.165, 1.54) is 38.5 Å². The van der Waals surface area contributed by atoms with E-state index in [2.05, 4.69) is 22.0 Å². The Bertz CT molecular complexity index is 340. The van der Waals surface area contributed by atoms with Gasteiger partial charge in [0.25, 0.3) is 0 Å². The van der Waals surface area contributed by atoms with Gasteiger partial charge in [-0.2, -0.15) is 0 Å². The molecule has 3 aliphatic rings. The average molecular weight is 293 g/mol. The molecule has 4 heteroatoms. The summed E-state index contributed by atoms with van der Waals surface area (Å²) >= 11 is 0. The SMILES string of the molecule is CC1CCC(N2CCN(C(=O)CNCC3CC3)CC2)CC1. The fourth-order valence-electron chi connectivity index (χ4n) is 3.76. The molecule has 0 bridgehead atoms. The number of nitrogens with zero attached hydrogens (tertiary/aromatic N) is 2. The van der Waals surface area contributed by atoms with Crippen molar-refractivity contribution in [3.05, 3.63) is 0 Å². The van der Waals surface area contributed by atoms with E-state index in [4.69, 9.17) is 0 Å². The third-order valence-corrected chi connectivity index (χ3v) is 5.57. The molecule has 0 aromatic rings. The van der Waals surface area contributed by atoms with Gasteiger partial charge in [-0.15, -0.1) is 0 Å². The summed E-state index contributed by atoms with van der Waals surface area (Å²) < 4.78 is 0. The largest absolute Gasteiger partial charge is 0.339 e. The number of hydrogen-bond donors (Lipinski definition) is 1. The van der Waals surface area contributed by atoms with Crippen LogP contribution in [0.25, 0.3) is 0 Å². The highest BCUT2D eigenvalue weighted by atomic mass is 16.2. The molecule has 0 unspecified atom stereocenters. The Balaban J connectivity index is 1.34. The van der Waals surface area contributed by atoms with Crippen LogP contribution >= 0.6 is 0 Å². The minimum Gasteiger partial charge on any atom is -0.339 e. The summed E-state index contributed by atoms with van der Waals surface area (Å²) in [5, 5.41) is 3.32. The van der Waals surface area contributed by atoms with Crippen molar-refractivity contribution in [3.63, 3.8) is 0 Å². The van der Waals surface area contributed by atoms with Crippen molar-refractivity contribution in [2.24, 2.45) is 11.8 Å². The van der Waals surface area contributed by atoms with Crippen LogP contribution in [-0.4, -0.2) is 61.0 Å². The molecule has 3 rings (SSSR count). The molecule has 0 radical (unpaired) electrons. The number of rotatable bonds is 5. The summed E-state index contributed by atoms with van der Waals surface area (Å²) in [5.41, 5.74) is 0. The molecule has 2 saturated carbocycles. The van der Waals surface area contributed by atoms with E-state index in [0.29, 0.717) is 12.5 Å². The van der Waals surface area contributed by atoms with Crippen molar-refractivity contribution in [3.8, 4) is 0 Å². The molecule has 1 heterocycles. The fourth-order valence-corrected chi connectivity index (χ4v) is 3.76. The second-order valence-corrected chi connectivity index (χ2v) is 7.40. The maximum Gasteiger partial charge on any atom is 0.236 e. The van der Waals surface area contributed by atoms with Gasteiger partial charge in [-0.1, -0.05) is 6.92 Å². The van der Waals surface area contributed by atoms with Crippen LogP contribution in [0.15, 0.2) is 0 Å². The van der Waals surface area contributed by atoms with Crippen LogP contribution in [0, 0.1) is 11.8 Å². The number of piperazine rings is 1. The molecule has 0 aromatic heterocycles. The van der Waals surface area contributed by atoms with E-state index in [1.807, 2.05) is 0 Å². The standard InChI is InChI=1S/C17H31N3O/c1-14-2-6-16(7-3-14)19-8-10-20(11-9-19)17(21)13-18-12-15-4-5-15/h14-16,18H,2-13H2,1H3. The Morgan fingerprint density at radius 2 is 1.67 bits per heavy atom. The van der Waals surface area contributed by atoms with E-state index >= 15 is 0 Å². The topological polar surface area (TPSA) is 35.6 Å². The van der Waals surface area contributed by atoms with Crippen LogP contribution in [0.5, 0.6) is 0 Å². The zero-order valence-corrected chi connectivity index (χ0v) is 13.5. The maximum atomic E-state index is 12.2. The van der Waals surface area contributed by atoms with Crippen LogP contribution in [0.3, 0.4) is 0 Å². The Morgan fingerprint density at radius 3 is 2.29 bits per heavy atom. The Hall–Kier alpha value is -0.610. The number of nitrogens with one attached hydrogen (secondary N) is 1. The smallest absolute Gasteiger partial charge is 0.236 e. The first kappa shape index (κ1) is 15.3. The average Bonchev–Trinajstić information content (AvgIpc) is 3.32. The van der Waals surface area contributed by atoms with Crippen molar-refractivity contribution < 1.29 is 4.79 Å². The van der Waals surface area contributed by atoms with Crippen LogP contribution < -0.4 is 5.32 Å². The van der Waals surface area contributed by atoms with E-state index in [1.54, 1.807) is 0 Å². The highest BCUT2D eigenvalue weighted by Crippen LogP contribution is 2.28.